The number of allylic oxidation sites excluding steroid dienone is 4. The molecule has 2 nitrogen and oxygen atoms in total. The maximum absolute atomic E-state index is 12.7. The molecule has 1 amide bonds. The van der Waals surface area contributed by atoms with Crippen LogP contribution >= 0.6 is 0 Å². The van der Waals surface area contributed by atoms with Crippen molar-refractivity contribution in [3.05, 3.63) is 65.3 Å². The molecular formula is C19H21NO. The molecule has 0 saturated carbocycles. The second-order valence-electron chi connectivity index (χ2n) is 6.16. The van der Waals surface area contributed by atoms with Crippen LogP contribution in [-0.4, -0.2) is 12.5 Å². The molecule has 108 valence electrons. The fraction of sp³-hybridized carbons (Fsp3) is 0.316. The zero-order chi connectivity index (χ0) is 15.0. The number of fused-ring (bicyclic) bond motifs is 1. The molecule has 1 unspecified atom stereocenters. The summed E-state index contributed by atoms with van der Waals surface area (Å²) < 4.78 is 0. The van der Waals surface area contributed by atoms with Crippen LogP contribution in [0.25, 0.3) is 0 Å². The minimum Gasteiger partial charge on any atom is -0.307 e. The molecule has 0 N–H and O–H groups in total. The van der Waals surface area contributed by atoms with Crippen molar-refractivity contribution in [1.82, 2.24) is 0 Å². The molecule has 0 bridgehead atoms. The van der Waals surface area contributed by atoms with Gasteiger partial charge in [0.1, 0.15) is 0 Å². The summed E-state index contributed by atoms with van der Waals surface area (Å²) in [6.07, 6.45) is 8.25. The molecule has 2 heteroatoms. The van der Waals surface area contributed by atoms with Crippen molar-refractivity contribution in [3.8, 4) is 0 Å². The molecule has 0 radical (unpaired) electrons. The van der Waals surface area contributed by atoms with E-state index in [0.29, 0.717) is 12.5 Å². The lowest BCUT2D eigenvalue weighted by atomic mass is 10.0. The highest BCUT2D eigenvalue weighted by Gasteiger charge is 2.35. The molecule has 0 aromatic heterocycles. The Hall–Kier alpha value is -2.09. The average Bonchev–Trinajstić information content (AvgIpc) is 2.66. The molecule has 1 aliphatic heterocycles. The van der Waals surface area contributed by atoms with Crippen LogP contribution in [0.2, 0.25) is 0 Å². The number of rotatable bonds is 2. The number of amides is 1. The number of hydrogen-bond acceptors (Lipinski definition) is 1. The summed E-state index contributed by atoms with van der Waals surface area (Å²) in [5.41, 5.74) is 4.63. The molecule has 1 aliphatic carbocycles. The van der Waals surface area contributed by atoms with Crippen LogP contribution in [0.15, 0.2) is 59.7 Å². The van der Waals surface area contributed by atoms with Gasteiger partial charge in [0, 0.05) is 12.2 Å². The Kier molecular flexibility index (Phi) is 3.54. The zero-order valence-electron chi connectivity index (χ0n) is 12.8. The van der Waals surface area contributed by atoms with Gasteiger partial charge in [-0.15, -0.1) is 0 Å². The van der Waals surface area contributed by atoms with E-state index in [2.05, 4.69) is 56.3 Å². The van der Waals surface area contributed by atoms with Gasteiger partial charge in [-0.1, -0.05) is 55.9 Å². The Labute approximate surface area is 126 Å². The zero-order valence-corrected chi connectivity index (χ0v) is 12.8. The van der Waals surface area contributed by atoms with Crippen LogP contribution in [0.5, 0.6) is 0 Å². The number of carbonyl (C=O) groups excluding carboxylic acids is 1. The van der Waals surface area contributed by atoms with Crippen molar-refractivity contribution in [2.45, 2.75) is 26.7 Å². The van der Waals surface area contributed by atoms with Gasteiger partial charge in [-0.25, -0.2) is 0 Å². The summed E-state index contributed by atoms with van der Waals surface area (Å²) in [6, 6.07) is 8.37. The second-order valence-corrected chi connectivity index (χ2v) is 6.16. The predicted molar refractivity (Wildman–Crippen MR) is 87.4 cm³/mol. The number of anilines is 1. The number of benzene rings is 1. The Bertz CT molecular complexity index is 647. The molecule has 21 heavy (non-hydrogen) atoms. The van der Waals surface area contributed by atoms with Gasteiger partial charge in [-0.05, 0) is 36.1 Å². The molecular weight excluding hydrogens is 258 g/mol. The normalized spacial score (nSPS) is 21.2. The SMILES string of the molecule is CC1=CC2C(=O)N(c3ccc(C(C)C)cc3)CC2=CC=C1. The summed E-state index contributed by atoms with van der Waals surface area (Å²) >= 11 is 0. The van der Waals surface area contributed by atoms with E-state index in [-0.39, 0.29) is 11.8 Å². The predicted octanol–water partition coefficient (Wildman–Crippen LogP) is 4.22. The molecule has 1 atom stereocenters. The summed E-state index contributed by atoms with van der Waals surface area (Å²) in [4.78, 5) is 14.6. The van der Waals surface area contributed by atoms with Crippen molar-refractivity contribution in [2.24, 2.45) is 5.92 Å². The maximum Gasteiger partial charge on any atom is 0.238 e. The second kappa shape index (κ2) is 5.36. The van der Waals surface area contributed by atoms with E-state index in [9.17, 15) is 4.79 Å². The van der Waals surface area contributed by atoms with Crippen LogP contribution < -0.4 is 4.90 Å². The average molecular weight is 279 g/mol. The minimum absolute atomic E-state index is 0.0928. The van der Waals surface area contributed by atoms with E-state index >= 15 is 0 Å². The highest BCUT2D eigenvalue weighted by Crippen LogP contribution is 2.32. The van der Waals surface area contributed by atoms with Gasteiger partial charge in [0.25, 0.3) is 0 Å². The molecule has 1 fully saturated rings. The fourth-order valence-electron chi connectivity index (χ4n) is 2.92. The van der Waals surface area contributed by atoms with Gasteiger partial charge in [-0.2, -0.15) is 0 Å². The van der Waals surface area contributed by atoms with Crippen molar-refractivity contribution >= 4 is 11.6 Å². The van der Waals surface area contributed by atoms with E-state index in [1.54, 1.807) is 0 Å². The first-order valence-electron chi connectivity index (χ1n) is 7.53. The third kappa shape index (κ3) is 2.58. The molecule has 3 rings (SSSR count). The van der Waals surface area contributed by atoms with Crippen molar-refractivity contribution in [1.29, 1.82) is 0 Å². The Morgan fingerprint density at radius 1 is 1.19 bits per heavy atom. The van der Waals surface area contributed by atoms with Crippen molar-refractivity contribution in [3.63, 3.8) is 0 Å². The standard InChI is InChI=1S/C19H21NO/c1-13(2)15-7-9-17(10-8-15)20-12-16-6-4-5-14(3)11-18(16)19(20)21/h4-11,13,18H,12H2,1-3H3. The van der Waals surface area contributed by atoms with Gasteiger partial charge in [-0.3, -0.25) is 4.79 Å². The summed E-state index contributed by atoms with van der Waals surface area (Å²) in [6.45, 7) is 7.09. The third-order valence-electron chi connectivity index (χ3n) is 4.24. The highest BCUT2D eigenvalue weighted by atomic mass is 16.2. The number of nitrogens with zero attached hydrogens (tertiary/aromatic N) is 1. The molecule has 1 heterocycles. The van der Waals surface area contributed by atoms with Gasteiger partial charge in [0.05, 0.1) is 5.92 Å². The topological polar surface area (TPSA) is 20.3 Å². The molecule has 1 aromatic rings. The monoisotopic (exact) mass is 279 g/mol. The van der Waals surface area contributed by atoms with Crippen LogP contribution in [0.1, 0.15) is 32.3 Å². The van der Waals surface area contributed by atoms with Gasteiger partial charge in [0.2, 0.25) is 5.91 Å². The van der Waals surface area contributed by atoms with Gasteiger partial charge in [0.15, 0.2) is 0 Å². The number of hydrogen-bond donors (Lipinski definition) is 0. The first kappa shape index (κ1) is 13.9. The largest absolute Gasteiger partial charge is 0.307 e. The smallest absolute Gasteiger partial charge is 0.238 e. The Balaban J connectivity index is 1.90. The van der Waals surface area contributed by atoms with E-state index in [0.717, 1.165) is 11.3 Å². The fourth-order valence-corrected chi connectivity index (χ4v) is 2.92. The van der Waals surface area contributed by atoms with E-state index in [1.807, 2.05) is 17.9 Å². The lowest BCUT2D eigenvalue weighted by molar-refractivity contribution is -0.118. The summed E-state index contributed by atoms with van der Waals surface area (Å²) in [7, 11) is 0. The quantitative estimate of drug-likeness (QED) is 0.794. The lowest BCUT2D eigenvalue weighted by Gasteiger charge is -2.17. The maximum atomic E-state index is 12.7. The van der Waals surface area contributed by atoms with Crippen molar-refractivity contribution in [2.75, 3.05) is 11.4 Å². The molecule has 0 spiro atoms. The Morgan fingerprint density at radius 3 is 2.57 bits per heavy atom. The summed E-state index contributed by atoms with van der Waals surface area (Å²) in [5, 5.41) is 0. The molecule has 2 aliphatic rings. The lowest BCUT2D eigenvalue weighted by Crippen LogP contribution is -2.26. The van der Waals surface area contributed by atoms with Crippen LogP contribution in [-0.2, 0) is 4.79 Å². The molecule has 1 saturated heterocycles. The van der Waals surface area contributed by atoms with E-state index in [4.69, 9.17) is 0 Å². The summed E-state index contributed by atoms with van der Waals surface area (Å²) in [5.74, 6) is 0.601. The van der Waals surface area contributed by atoms with Crippen LogP contribution in [0, 0.1) is 5.92 Å². The first-order valence-corrected chi connectivity index (χ1v) is 7.53. The number of carbonyl (C=O) groups is 1. The van der Waals surface area contributed by atoms with Gasteiger partial charge < -0.3 is 4.90 Å². The first-order chi connectivity index (χ1) is 10.1. The third-order valence-corrected chi connectivity index (χ3v) is 4.24. The molecule has 1 aromatic carbocycles. The van der Waals surface area contributed by atoms with Gasteiger partial charge >= 0.3 is 0 Å². The van der Waals surface area contributed by atoms with Crippen LogP contribution in [0.3, 0.4) is 0 Å². The minimum atomic E-state index is -0.0928. The Morgan fingerprint density at radius 2 is 1.90 bits per heavy atom. The van der Waals surface area contributed by atoms with Crippen molar-refractivity contribution < 1.29 is 4.79 Å². The van der Waals surface area contributed by atoms with E-state index < -0.39 is 0 Å². The van der Waals surface area contributed by atoms with Crippen LogP contribution in [0.4, 0.5) is 5.69 Å². The highest BCUT2D eigenvalue weighted by molar-refractivity contribution is 6.02. The van der Waals surface area contributed by atoms with E-state index in [1.165, 1.54) is 11.1 Å².